The molecule has 0 unspecified atom stereocenters. The Morgan fingerprint density at radius 2 is 1.71 bits per heavy atom. The van der Waals surface area contributed by atoms with Crippen molar-refractivity contribution in [3.63, 3.8) is 0 Å². The van der Waals surface area contributed by atoms with Gasteiger partial charge < -0.3 is 9.47 Å². The summed E-state index contributed by atoms with van der Waals surface area (Å²) in [4.78, 5) is 4.64. The topological polar surface area (TPSA) is 35.8 Å². The lowest BCUT2D eigenvalue weighted by Crippen LogP contribution is -1.97. The standard InChI is InChI=1S/C16H15BrN2O2/c1-10-7-8-11-15(17)18-16(19(11)9-10)14-12(20-2)5-4-6-13(14)21-3/h4-9H,1-3H3. The molecule has 0 N–H and O–H groups in total. The molecular weight excluding hydrogens is 332 g/mol. The fourth-order valence-corrected chi connectivity index (χ4v) is 2.89. The Morgan fingerprint density at radius 1 is 1.05 bits per heavy atom. The summed E-state index contributed by atoms with van der Waals surface area (Å²) >= 11 is 3.52. The van der Waals surface area contributed by atoms with Crippen LogP contribution in [0.2, 0.25) is 0 Å². The minimum atomic E-state index is 0.732. The molecule has 0 bridgehead atoms. The molecule has 21 heavy (non-hydrogen) atoms. The zero-order chi connectivity index (χ0) is 15.0. The van der Waals surface area contributed by atoms with Crippen LogP contribution in [0.4, 0.5) is 0 Å². The van der Waals surface area contributed by atoms with Gasteiger partial charge in [0.1, 0.15) is 21.7 Å². The first kappa shape index (κ1) is 13.9. The summed E-state index contributed by atoms with van der Waals surface area (Å²) in [7, 11) is 3.29. The molecule has 0 aliphatic carbocycles. The maximum atomic E-state index is 5.48. The predicted molar refractivity (Wildman–Crippen MR) is 86.2 cm³/mol. The second-order valence-electron chi connectivity index (χ2n) is 4.73. The van der Waals surface area contributed by atoms with E-state index < -0.39 is 0 Å². The van der Waals surface area contributed by atoms with Crippen molar-refractivity contribution in [2.24, 2.45) is 0 Å². The lowest BCUT2D eigenvalue weighted by molar-refractivity contribution is 0.397. The summed E-state index contributed by atoms with van der Waals surface area (Å²) in [5, 5.41) is 0. The molecule has 2 aromatic heterocycles. The molecule has 2 heterocycles. The predicted octanol–water partition coefficient (Wildman–Crippen LogP) is 4.09. The highest BCUT2D eigenvalue weighted by Crippen LogP contribution is 2.39. The van der Waals surface area contributed by atoms with Crippen molar-refractivity contribution < 1.29 is 9.47 Å². The van der Waals surface area contributed by atoms with E-state index in [2.05, 4.69) is 33.9 Å². The van der Waals surface area contributed by atoms with Crippen molar-refractivity contribution in [2.45, 2.75) is 6.92 Å². The van der Waals surface area contributed by atoms with Gasteiger partial charge in [0.25, 0.3) is 0 Å². The molecule has 0 saturated carbocycles. The minimum absolute atomic E-state index is 0.732. The van der Waals surface area contributed by atoms with Crippen molar-refractivity contribution in [2.75, 3.05) is 14.2 Å². The zero-order valence-corrected chi connectivity index (χ0v) is 13.6. The zero-order valence-electron chi connectivity index (χ0n) is 12.1. The first-order valence-electron chi connectivity index (χ1n) is 6.51. The second kappa shape index (κ2) is 5.41. The van der Waals surface area contributed by atoms with E-state index in [0.717, 1.165) is 38.6 Å². The SMILES string of the molecule is COc1cccc(OC)c1-c1nc(Br)c2ccc(C)cn12. The maximum absolute atomic E-state index is 5.48. The third kappa shape index (κ3) is 2.27. The van der Waals surface area contributed by atoms with E-state index >= 15 is 0 Å². The Kier molecular flexibility index (Phi) is 3.59. The van der Waals surface area contributed by atoms with Crippen LogP contribution in [0.5, 0.6) is 11.5 Å². The molecular formula is C16H15BrN2O2. The first-order valence-corrected chi connectivity index (χ1v) is 7.30. The Morgan fingerprint density at radius 3 is 2.33 bits per heavy atom. The Bertz CT molecular complexity index is 789. The number of nitrogens with zero attached hydrogens (tertiary/aromatic N) is 2. The normalized spacial score (nSPS) is 10.9. The van der Waals surface area contributed by atoms with E-state index in [1.165, 1.54) is 0 Å². The molecule has 0 aliphatic heterocycles. The van der Waals surface area contributed by atoms with E-state index in [1.807, 2.05) is 34.9 Å². The van der Waals surface area contributed by atoms with Gasteiger partial charge in [-0.2, -0.15) is 0 Å². The molecule has 0 spiro atoms. The van der Waals surface area contributed by atoms with E-state index in [9.17, 15) is 0 Å². The first-order chi connectivity index (χ1) is 10.2. The van der Waals surface area contributed by atoms with E-state index in [4.69, 9.17) is 9.47 Å². The van der Waals surface area contributed by atoms with Gasteiger partial charge in [0.05, 0.1) is 19.7 Å². The molecule has 0 saturated heterocycles. The lowest BCUT2D eigenvalue weighted by atomic mass is 10.1. The Labute approximate surface area is 131 Å². The summed E-state index contributed by atoms with van der Waals surface area (Å²) in [5.74, 6) is 2.25. The molecule has 3 aromatic rings. The number of benzene rings is 1. The minimum Gasteiger partial charge on any atom is -0.496 e. The summed E-state index contributed by atoms with van der Waals surface area (Å²) in [6.45, 7) is 2.05. The molecule has 1 aromatic carbocycles. The summed E-state index contributed by atoms with van der Waals surface area (Å²) in [6, 6.07) is 9.81. The third-order valence-corrected chi connectivity index (χ3v) is 3.97. The third-order valence-electron chi connectivity index (χ3n) is 3.39. The molecule has 0 fully saturated rings. The number of methoxy groups -OCH3 is 2. The number of ether oxygens (including phenoxy) is 2. The number of rotatable bonds is 3. The average Bonchev–Trinajstić information content (AvgIpc) is 2.82. The number of halogens is 1. The van der Waals surface area contributed by atoms with Gasteiger partial charge in [0, 0.05) is 6.20 Å². The van der Waals surface area contributed by atoms with Gasteiger partial charge in [-0.3, -0.25) is 4.40 Å². The van der Waals surface area contributed by atoms with Crippen LogP contribution in [0.15, 0.2) is 41.1 Å². The van der Waals surface area contributed by atoms with Crippen LogP contribution in [-0.2, 0) is 0 Å². The van der Waals surface area contributed by atoms with E-state index in [0.29, 0.717) is 0 Å². The molecule has 3 rings (SSSR count). The monoisotopic (exact) mass is 346 g/mol. The number of hydrogen-bond donors (Lipinski definition) is 0. The van der Waals surface area contributed by atoms with Crippen LogP contribution in [-0.4, -0.2) is 23.6 Å². The fraction of sp³-hybridized carbons (Fsp3) is 0.188. The van der Waals surface area contributed by atoms with Crippen LogP contribution in [0.1, 0.15) is 5.56 Å². The second-order valence-corrected chi connectivity index (χ2v) is 5.48. The van der Waals surface area contributed by atoms with Gasteiger partial charge in [-0.1, -0.05) is 12.1 Å². The van der Waals surface area contributed by atoms with Crippen LogP contribution >= 0.6 is 15.9 Å². The molecule has 4 nitrogen and oxygen atoms in total. The number of fused-ring (bicyclic) bond motifs is 1. The van der Waals surface area contributed by atoms with Crippen LogP contribution in [0.3, 0.4) is 0 Å². The van der Waals surface area contributed by atoms with Crippen molar-refractivity contribution >= 4 is 21.4 Å². The maximum Gasteiger partial charge on any atom is 0.153 e. The molecule has 0 radical (unpaired) electrons. The molecule has 0 aliphatic rings. The number of pyridine rings is 1. The van der Waals surface area contributed by atoms with Gasteiger partial charge in [-0.25, -0.2) is 4.98 Å². The van der Waals surface area contributed by atoms with Crippen LogP contribution < -0.4 is 9.47 Å². The number of aromatic nitrogens is 2. The quantitative estimate of drug-likeness (QED) is 0.716. The molecule has 5 heteroatoms. The summed E-state index contributed by atoms with van der Waals surface area (Å²) in [5.41, 5.74) is 3.00. The fourth-order valence-electron chi connectivity index (χ4n) is 2.40. The van der Waals surface area contributed by atoms with Gasteiger partial charge in [-0.15, -0.1) is 0 Å². The summed E-state index contributed by atoms with van der Waals surface area (Å²) < 4.78 is 13.8. The smallest absolute Gasteiger partial charge is 0.153 e. The van der Waals surface area contributed by atoms with Crippen molar-refractivity contribution in [1.29, 1.82) is 0 Å². The van der Waals surface area contributed by atoms with Gasteiger partial charge in [-0.05, 0) is 46.6 Å². The van der Waals surface area contributed by atoms with E-state index in [-0.39, 0.29) is 0 Å². The number of aryl methyl sites for hydroxylation is 1. The number of hydrogen-bond acceptors (Lipinski definition) is 3. The van der Waals surface area contributed by atoms with Gasteiger partial charge in [0.15, 0.2) is 5.82 Å². The van der Waals surface area contributed by atoms with Crippen LogP contribution in [0.25, 0.3) is 16.9 Å². The Balaban J connectivity index is 2.38. The highest BCUT2D eigenvalue weighted by Gasteiger charge is 2.19. The van der Waals surface area contributed by atoms with Gasteiger partial charge in [0.2, 0.25) is 0 Å². The largest absolute Gasteiger partial charge is 0.496 e. The Hall–Kier alpha value is -2.01. The van der Waals surface area contributed by atoms with E-state index in [1.54, 1.807) is 14.2 Å². The van der Waals surface area contributed by atoms with Crippen molar-refractivity contribution in [3.05, 3.63) is 46.7 Å². The van der Waals surface area contributed by atoms with Crippen molar-refractivity contribution in [3.8, 4) is 22.9 Å². The number of imidazole rings is 1. The molecule has 108 valence electrons. The summed E-state index contributed by atoms with van der Waals surface area (Å²) in [6.07, 6.45) is 2.05. The van der Waals surface area contributed by atoms with Crippen LogP contribution in [0, 0.1) is 6.92 Å². The lowest BCUT2D eigenvalue weighted by Gasteiger charge is -2.12. The highest BCUT2D eigenvalue weighted by molar-refractivity contribution is 9.10. The van der Waals surface area contributed by atoms with Gasteiger partial charge >= 0.3 is 0 Å². The highest BCUT2D eigenvalue weighted by atomic mass is 79.9. The van der Waals surface area contributed by atoms with Crippen molar-refractivity contribution in [1.82, 2.24) is 9.38 Å². The average molecular weight is 347 g/mol. The molecule has 0 atom stereocenters. The molecule has 0 amide bonds.